The third-order valence-corrected chi connectivity index (χ3v) is 2.83. The molecule has 116 valence electrons. The lowest BCUT2D eigenvalue weighted by Crippen LogP contribution is -2.62. The van der Waals surface area contributed by atoms with Crippen LogP contribution in [0.3, 0.4) is 0 Å². The van der Waals surface area contributed by atoms with Gasteiger partial charge >= 0.3 is 18.1 Å². The molecule has 0 saturated carbocycles. The number of alkyl halides is 3. The smallest absolute Gasteiger partial charge is 0.412 e. The highest BCUT2D eigenvalue weighted by Crippen LogP contribution is 2.36. The number of ether oxygens (including phenoxy) is 1. The lowest BCUT2D eigenvalue weighted by molar-refractivity contribution is -0.211. The highest BCUT2D eigenvalue weighted by atomic mass is 19.4. The molecule has 9 heteroatoms. The molecule has 0 aromatic rings. The van der Waals surface area contributed by atoms with Gasteiger partial charge in [0.1, 0.15) is 12.0 Å². The Hall–Kier alpha value is -1.80. The molecule has 6 nitrogen and oxygen atoms in total. The maximum absolute atomic E-state index is 13.0. The molecule has 0 bridgehead atoms. The Labute approximate surface area is 113 Å². The molecule has 1 amide bonds. The fourth-order valence-corrected chi connectivity index (χ4v) is 1.35. The van der Waals surface area contributed by atoms with Crippen LogP contribution in [0.5, 0.6) is 0 Å². The zero-order valence-corrected chi connectivity index (χ0v) is 11.2. The van der Waals surface area contributed by atoms with Crippen molar-refractivity contribution in [3.8, 4) is 0 Å². The van der Waals surface area contributed by atoms with Gasteiger partial charge < -0.3 is 15.2 Å². The van der Waals surface area contributed by atoms with Crippen LogP contribution in [-0.2, 0) is 19.1 Å². The van der Waals surface area contributed by atoms with E-state index in [0.717, 1.165) is 6.92 Å². The van der Waals surface area contributed by atoms with Crippen molar-refractivity contribution in [2.24, 2.45) is 5.92 Å². The van der Waals surface area contributed by atoms with E-state index in [1.165, 1.54) is 6.92 Å². The van der Waals surface area contributed by atoms with Gasteiger partial charge in [-0.2, -0.15) is 13.2 Å². The van der Waals surface area contributed by atoms with Gasteiger partial charge in [0.2, 0.25) is 5.91 Å². The van der Waals surface area contributed by atoms with E-state index in [0.29, 0.717) is 6.92 Å². The minimum absolute atomic E-state index is 0.0197. The van der Waals surface area contributed by atoms with E-state index in [1.54, 1.807) is 5.32 Å². The van der Waals surface area contributed by atoms with Crippen molar-refractivity contribution in [3.05, 3.63) is 0 Å². The maximum atomic E-state index is 13.0. The predicted octanol–water partition coefficient (Wildman–Crippen LogP) is 1.10. The van der Waals surface area contributed by atoms with Gasteiger partial charge in [-0.25, -0.2) is 0 Å². The number of amides is 1. The van der Waals surface area contributed by atoms with Crippen LogP contribution in [0.1, 0.15) is 27.2 Å². The molecule has 2 N–H and O–H groups in total. The molecule has 0 fully saturated rings. The highest BCUT2D eigenvalue weighted by molar-refractivity contribution is 5.94. The molecule has 2 atom stereocenters. The summed E-state index contributed by atoms with van der Waals surface area (Å²) < 4.78 is 43.3. The van der Waals surface area contributed by atoms with Crippen molar-refractivity contribution in [3.63, 3.8) is 0 Å². The van der Waals surface area contributed by atoms with Gasteiger partial charge in [-0.15, -0.1) is 0 Å². The normalized spacial score (nSPS) is 15.9. The van der Waals surface area contributed by atoms with Crippen LogP contribution in [0.4, 0.5) is 13.2 Å². The van der Waals surface area contributed by atoms with Gasteiger partial charge in [0.15, 0.2) is 0 Å². The molecule has 0 radical (unpaired) electrons. The standard InChI is InChI=1S/C11H16F3NO5/c1-4-20-8(17)5-7(16)15-10(3,11(12,13)14)6(2)9(18)19/h6H,4-5H2,1-3H3,(H,15,16)(H,18,19). The fourth-order valence-electron chi connectivity index (χ4n) is 1.35. The second-order valence-corrected chi connectivity index (χ2v) is 4.29. The first-order chi connectivity index (χ1) is 8.95. The van der Waals surface area contributed by atoms with Crippen LogP contribution in [0.15, 0.2) is 0 Å². The summed E-state index contributed by atoms with van der Waals surface area (Å²) in [5, 5.41) is 10.3. The second-order valence-electron chi connectivity index (χ2n) is 4.29. The maximum Gasteiger partial charge on any atom is 0.412 e. The van der Waals surface area contributed by atoms with Crippen molar-refractivity contribution in [2.45, 2.75) is 38.9 Å². The first-order valence-corrected chi connectivity index (χ1v) is 5.71. The largest absolute Gasteiger partial charge is 0.481 e. The van der Waals surface area contributed by atoms with E-state index in [4.69, 9.17) is 5.11 Å². The number of carboxylic acid groups (broad SMARTS) is 1. The molecule has 2 unspecified atom stereocenters. The Morgan fingerprint density at radius 3 is 2.15 bits per heavy atom. The number of rotatable bonds is 6. The zero-order valence-electron chi connectivity index (χ0n) is 11.2. The second kappa shape index (κ2) is 6.58. The molecular formula is C11H16F3NO5. The van der Waals surface area contributed by atoms with Crippen LogP contribution in [0.25, 0.3) is 0 Å². The van der Waals surface area contributed by atoms with Crippen molar-refractivity contribution in [1.29, 1.82) is 0 Å². The van der Waals surface area contributed by atoms with Crippen molar-refractivity contribution in [1.82, 2.24) is 5.32 Å². The van der Waals surface area contributed by atoms with E-state index in [9.17, 15) is 27.6 Å². The number of carbonyl (C=O) groups is 3. The molecule has 20 heavy (non-hydrogen) atoms. The van der Waals surface area contributed by atoms with Crippen molar-refractivity contribution < 1.29 is 37.4 Å². The molecule has 0 aliphatic heterocycles. The van der Waals surface area contributed by atoms with Gasteiger partial charge in [-0.05, 0) is 20.8 Å². The third-order valence-electron chi connectivity index (χ3n) is 2.83. The molecule has 0 aliphatic carbocycles. The van der Waals surface area contributed by atoms with E-state index in [2.05, 4.69) is 4.74 Å². The first kappa shape index (κ1) is 18.2. The molecule has 0 saturated heterocycles. The molecule has 0 heterocycles. The first-order valence-electron chi connectivity index (χ1n) is 5.71. The number of nitrogens with one attached hydrogen (secondary N) is 1. The summed E-state index contributed by atoms with van der Waals surface area (Å²) in [6.45, 7) is 2.83. The Bertz CT molecular complexity index is 396. The number of carbonyl (C=O) groups excluding carboxylic acids is 2. The Morgan fingerprint density at radius 2 is 1.80 bits per heavy atom. The summed E-state index contributed by atoms with van der Waals surface area (Å²) in [5.74, 6) is -5.89. The number of carboxylic acids is 1. The average Bonchev–Trinajstić information content (AvgIpc) is 2.25. The van der Waals surface area contributed by atoms with Crippen LogP contribution in [0.2, 0.25) is 0 Å². The van der Waals surface area contributed by atoms with E-state index >= 15 is 0 Å². The number of aliphatic carboxylic acids is 1. The fraction of sp³-hybridized carbons (Fsp3) is 0.727. The summed E-state index contributed by atoms with van der Waals surface area (Å²) in [7, 11) is 0. The molecule has 0 spiro atoms. The van der Waals surface area contributed by atoms with E-state index < -0.39 is 41.9 Å². The summed E-state index contributed by atoms with van der Waals surface area (Å²) in [4.78, 5) is 33.2. The Kier molecular flexibility index (Phi) is 5.98. The van der Waals surface area contributed by atoms with Crippen molar-refractivity contribution in [2.75, 3.05) is 6.61 Å². The number of hydrogen-bond donors (Lipinski definition) is 2. The van der Waals surface area contributed by atoms with Crippen LogP contribution in [0, 0.1) is 5.92 Å². The van der Waals surface area contributed by atoms with Gasteiger partial charge in [-0.3, -0.25) is 14.4 Å². The molecule has 0 aromatic heterocycles. The number of esters is 1. The monoisotopic (exact) mass is 299 g/mol. The van der Waals surface area contributed by atoms with E-state index in [1.807, 2.05) is 0 Å². The quantitative estimate of drug-likeness (QED) is 0.566. The molecule has 0 rings (SSSR count). The van der Waals surface area contributed by atoms with Gasteiger partial charge in [0, 0.05) is 0 Å². The molecular weight excluding hydrogens is 283 g/mol. The summed E-state index contributed by atoms with van der Waals surface area (Å²) in [5.41, 5.74) is -2.98. The Balaban J connectivity index is 5.07. The average molecular weight is 299 g/mol. The molecule has 0 aromatic carbocycles. The lowest BCUT2D eigenvalue weighted by Gasteiger charge is -2.36. The number of halogens is 3. The number of hydrogen-bond acceptors (Lipinski definition) is 4. The topological polar surface area (TPSA) is 92.7 Å². The zero-order chi connectivity index (χ0) is 16.1. The summed E-state index contributed by atoms with van der Waals surface area (Å²) >= 11 is 0. The van der Waals surface area contributed by atoms with Gasteiger partial charge in [0.05, 0.1) is 12.5 Å². The van der Waals surface area contributed by atoms with Crippen LogP contribution >= 0.6 is 0 Å². The van der Waals surface area contributed by atoms with Crippen molar-refractivity contribution >= 4 is 17.8 Å². The SMILES string of the molecule is CCOC(=O)CC(=O)NC(C)(C(C)C(=O)O)C(F)(F)F. The van der Waals surface area contributed by atoms with Crippen LogP contribution in [-0.4, -0.2) is 41.3 Å². The minimum Gasteiger partial charge on any atom is -0.481 e. The van der Waals surface area contributed by atoms with Gasteiger partial charge in [-0.1, -0.05) is 0 Å². The third kappa shape index (κ3) is 4.39. The molecule has 0 aliphatic rings. The minimum atomic E-state index is -4.99. The van der Waals surface area contributed by atoms with Gasteiger partial charge in [0.25, 0.3) is 0 Å². The van der Waals surface area contributed by atoms with Crippen LogP contribution < -0.4 is 5.32 Å². The predicted molar refractivity (Wildman–Crippen MR) is 60.7 cm³/mol. The highest BCUT2D eigenvalue weighted by Gasteiger charge is 2.57. The summed E-state index contributed by atoms with van der Waals surface area (Å²) in [6, 6.07) is 0. The summed E-state index contributed by atoms with van der Waals surface area (Å²) in [6.07, 6.45) is -5.90. The lowest BCUT2D eigenvalue weighted by atomic mass is 9.86. The Morgan fingerprint density at radius 1 is 1.30 bits per heavy atom. The van der Waals surface area contributed by atoms with E-state index in [-0.39, 0.29) is 6.61 Å².